The van der Waals surface area contributed by atoms with Crippen LogP contribution in [-0.2, 0) is 15.3 Å². The van der Waals surface area contributed by atoms with Gasteiger partial charge >= 0.3 is 5.97 Å². The predicted octanol–water partition coefficient (Wildman–Crippen LogP) is 4.70. The normalized spacial score (nSPS) is 13.3. The summed E-state index contributed by atoms with van der Waals surface area (Å²) in [6, 6.07) is 12.4. The molecule has 2 heterocycles. The Balaban J connectivity index is 1.37. The van der Waals surface area contributed by atoms with Gasteiger partial charge in [-0.1, -0.05) is 30.0 Å². The van der Waals surface area contributed by atoms with Gasteiger partial charge in [0.15, 0.2) is 17.6 Å². The summed E-state index contributed by atoms with van der Waals surface area (Å²) in [5.41, 5.74) is 2.78. The maximum atomic E-state index is 12.8. The number of carbonyl (C=O) groups is 2. The Morgan fingerprint density at radius 3 is 2.75 bits per heavy atom. The molecule has 4 rings (SSSR count). The van der Waals surface area contributed by atoms with Gasteiger partial charge in [-0.05, 0) is 37.6 Å². The molecule has 0 radical (unpaired) electrons. The lowest BCUT2D eigenvalue weighted by Gasteiger charge is -2.19. The van der Waals surface area contributed by atoms with Crippen LogP contribution < -0.4 is 14.8 Å². The second-order valence-corrected chi connectivity index (χ2v) is 9.18. The van der Waals surface area contributed by atoms with E-state index in [1.54, 1.807) is 60.4 Å². The average Bonchev–Trinajstić information content (AvgIpc) is 3.22. The van der Waals surface area contributed by atoms with E-state index in [1.165, 1.54) is 0 Å². The van der Waals surface area contributed by atoms with Gasteiger partial charge in [0.2, 0.25) is 0 Å². The number of hydrogen-bond acceptors (Lipinski definition) is 8. The topological polar surface area (TPSA) is 86.8 Å². The number of fused-ring (bicyclic) bond motifs is 1. The number of nitrogens with one attached hydrogen (secondary N) is 1. The Hall–Kier alpha value is -3.04. The Kier molecular flexibility index (Phi) is 6.96. The van der Waals surface area contributed by atoms with Crippen LogP contribution in [0, 0.1) is 6.92 Å². The number of thioether (sulfide) groups is 1. The Labute approximate surface area is 194 Å². The summed E-state index contributed by atoms with van der Waals surface area (Å²) in [5.74, 6) is 0.814. The van der Waals surface area contributed by atoms with Crippen LogP contribution >= 0.6 is 23.1 Å². The predicted molar refractivity (Wildman–Crippen MR) is 124 cm³/mol. The van der Waals surface area contributed by atoms with Crippen LogP contribution in [0.3, 0.4) is 0 Å². The minimum atomic E-state index is -0.974. The first kappa shape index (κ1) is 22.2. The lowest BCUT2D eigenvalue weighted by molar-refractivity contribution is -0.123. The zero-order valence-electron chi connectivity index (χ0n) is 17.6. The van der Waals surface area contributed by atoms with Crippen molar-refractivity contribution in [2.24, 2.45) is 0 Å². The van der Waals surface area contributed by atoms with Gasteiger partial charge in [0.25, 0.3) is 5.91 Å². The molecular formula is C23H22N2O5S2. The molecule has 32 heavy (non-hydrogen) atoms. The number of carbonyl (C=O) groups excluding carboxylic acids is 2. The Morgan fingerprint density at radius 2 is 1.97 bits per heavy atom. The molecule has 0 bridgehead atoms. The first-order valence-corrected chi connectivity index (χ1v) is 11.9. The molecule has 1 aliphatic rings. The average molecular weight is 471 g/mol. The summed E-state index contributed by atoms with van der Waals surface area (Å²) < 4.78 is 17.4. The first-order chi connectivity index (χ1) is 15.5. The molecule has 0 saturated carbocycles. The molecule has 1 aromatic heterocycles. The summed E-state index contributed by atoms with van der Waals surface area (Å²) in [6.45, 7) is 4.44. The fourth-order valence-corrected chi connectivity index (χ4v) is 4.88. The molecule has 2 aromatic carbocycles. The van der Waals surface area contributed by atoms with Gasteiger partial charge in [-0.3, -0.25) is 4.79 Å². The van der Waals surface area contributed by atoms with Crippen molar-refractivity contribution in [1.82, 2.24) is 4.98 Å². The van der Waals surface area contributed by atoms with Crippen LogP contribution in [0.2, 0.25) is 0 Å². The highest BCUT2D eigenvalue weighted by Crippen LogP contribution is 2.32. The summed E-state index contributed by atoms with van der Waals surface area (Å²) in [4.78, 5) is 29.8. The van der Waals surface area contributed by atoms with Crippen molar-refractivity contribution < 1.29 is 23.8 Å². The number of aromatic nitrogens is 1. The number of amides is 1. The minimum absolute atomic E-state index is 0.430. The number of ether oxygens (including phenoxy) is 3. The molecule has 1 N–H and O–H groups in total. The van der Waals surface area contributed by atoms with Gasteiger partial charge in [0.1, 0.15) is 17.6 Å². The summed E-state index contributed by atoms with van der Waals surface area (Å²) in [7, 11) is 0. The Morgan fingerprint density at radius 1 is 1.19 bits per heavy atom. The van der Waals surface area contributed by atoms with Gasteiger partial charge in [-0.2, -0.15) is 0 Å². The molecular weight excluding hydrogens is 448 g/mol. The summed E-state index contributed by atoms with van der Waals surface area (Å²) in [6.07, 6.45) is -0.974. The minimum Gasteiger partial charge on any atom is -0.486 e. The van der Waals surface area contributed by atoms with Gasteiger partial charge in [-0.15, -0.1) is 11.3 Å². The fourth-order valence-electron chi connectivity index (χ4n) is 3.03. The number of benzene rings is 2. The number of esters is 1. The quantitative estimate of drug-likeness (QED) is 0.396. The summed E-state index contributed by atoms with van der Waals surface area (Å²) in [5, 5.41) is 4.74. The third kappa shape index (κ3) is 5.41. The highest BCUT2D eigenvalue weighted by Gasteiger charge is 2.22. The maximum absolute atomic E-state index is 12.8. The van der Waals surface area contributed by atoms with Gasteiger partial charge in [0, 0.05) is 28.6 Å². The zero-order chi connectivity index (χ0) is 22.5. The first-order valence-electron chi connectivity index (χ1n) is 10.0. The molecule has 9 heteroatoms. The second-order valence-electron chi connectivity index (χ2n) is 7.10. The maximum Gasteiger partial charge on any atom is 0.339 e. The highest BCUT2D eigenvalue weighted by molar-refractivity contribution is 8.00. The smallest absolute Gasteiger partial charge is 0.339 e. The molecule has 0 spiro atoms. The van der Waals surface area contributed by atoms with Gasteiger partial charge in [0.05, 0.1) is 5.56 Å². The number of thiazole rings is 1. The van der Waals surface area contributed by atoms with E-state index in [0.717, 1.165) is 15.6 Å². The lowest BCUT2D eigenvalue weighted by Crippen LogP contribution is -2.30. The number of anilines is 1. The van der Waals surface area contributed by atoms with Crippen LogP contribution in [0.1, 0.15) is 28.5 Å². The van der Waals surface area contributed by atoms with E-state index in [9.17, 15) is 9.59 Å². The van der Waals surface area contributed by atoms with E-state index in [0.29, 0.717) is 41.7 Å². The molecule has 166 valence electrons. The molecule has 3 aromatic rings. The Bertz CT molecular complexity index is 1130. The van der Waals surface area contributed by atoms with E-state index < -0.39 is 18.0 Å². The van der Waals surface area contributed by atoms with Crippen molar-refractivity contribution in [3.63, 3.8) is 0 Å². The monoisotopic (exact) mass is 470 g/mol. The van der Waals surface area contributed by atoms with Crippen LogP contribution in [0.25, 0.3) is 0 Å². The largest absolute Gasteiger partial charge is 0.486 e. The van der Waals surface area contributed by atoms with Crippen molar-refractivity contribution in [3.05, 3.63) is 64.7 Å². The third-order valence-electron chi connectivity index (χ3n) is 4.65. The molecule has 0 fully saturated rings. The van der Waals surface area contributed by atoms with E-state index in [1.807, 2.05) is 24.4 Å². The van der Waals surface area contributed by atoms with E-state index in [2.05, 4.69) is 10.3 Å². The van der Waals surface area contributed by atoms with E-state index >= 15 is 0 Å². The van der Waals surface area contributed by atoms with Crippen molar-refractivity contribution in [2.75, 3.05) is 18.5 Å². The number of nitrogens with zero attached hydrogens (tertiary/aromatic N) is 1. The fraction of sp³-hybridized carbons (Fsp3) is 0.261. The number of hydrogen-bond donors (Lipinski definition) is 1. The van der Waals surface area contributed by atoms with Crippen LogP contribution in [0.15, 0.2) is 52.2 Å². The number of aryl methyl sites for hydroxylation is 1. The standard InChI is InChI=1S/C23H22N2O5S2/c1-14-12-31-23(24-14)32-13-16-5-3-4-6-18(16)22(27)30-15(2)21(26)25-17-7-8-19-20(11-17)29-10-9-28-19/h3-8,11-12,15H,9-10,13H2,1-2H3,(H,25,26). The van der Waals surface area contributed by atoms with Crippen molar-refractivity contribution in [2.45, 2.75) is 30.0 Å². The second kappa shape index (κ2) is 10.1. The third-order valence-corrected chi connectivity index (χ3v) is 6.84. The van der Waals surface area contributed by atoms with Crippen molar-refractivity contribution >= 4 is 40.7 Å². The van der Waals surface area contributed by atoms with Gasteiger partial charge < -0.3 is 19.5 Å². The molecule has 1 unspecified atom stereocenters. The lowest BCUT2D eigenvalue weighted by atomic mass is 10.1. The van der Waals surface area contributed by atoms with Crippen LogP contribution in [0.4, 0.5) is 5.69 Å². The molecule has 7 nitrogen and oxygen atoms in total. The van der Waals surface area contributed by atoms with E-state index in [-0.39, 0.29) is 0 Å². The molecule has 0 saturated heterocycles. The molecule has 1 atom stereocenters. The zero-order valence-corrected chi connectivity index (χ0v) is 19.3. The van der Waals surface area contributed by atoms with Crippen molar-refractivity contribution in [3.8, 4) is 11.5 Å². The molecule has 1 amide bonds. The molecule has 1 aliphatic heterocycles. The van der Waals surface area contributed by atoms with Crippen LogP contribution in [0.5, 0.6) is 11.5 Å². The summed E-state index contributed by atoms with van der Waals surface area (Å²) >= 11 is 3.14. The van der Waals surface area contributed by atoms with E-state index in [4.69, 9.17) is 14.2 Å². The van der Waals surface area contributed by atoms with Crippen LogP contribution in [-0.4, -0.2) is 36.2 Å². The SMILES string of the molecule is Cc1csc(SCc2ccccc2C(=O)OC(C)C(=O)Nc2ccc3c(c2)OCCO3)n1. The molecule has 0 aliphatic carbocycles. The van der Waals surface area contributed by atoms with Crippen molar-refractivity contribution in [1.29, 1.82) is 0 Å². The highest BCUT2D eigenvalue weighted by atomic mass is 32.2. The number of rotatable bonds is 7. The van der Waals surface area contributed by atoms with Gasteiger partial charge in [-0.25, -0.2) is 9.78 Å².